The predicted octanol–water partition coefficient (Wildman–Crippen LogP) is 2.55. The normalized spacial score (nSPS) is 33.2. The zero-order chi connectivity index (χ0) is 13.9. The summed E-state index contributed by atoms with van der Waals surface area (Å²) in [5.74, 6) is 1.30. The first-order valence-corrected chi connectivity index (χ1v) is 7.24. The maximum Gasteiger partial charge on any atom is 0.223 e. The van der Waals surface area contributed by atoms with Gasteiger partial charge in [-0.15, -0.1) is 0 Å². The molecule has 0 radical (unpaired) electrons. The van der Waals surface area contributed by atoms with Crippen LogP contribution in [0.25, 0.3) is 0 Å². The van der Waals surface area contributed by atoms with Gasteiger partial charge in [0.15, 0.2) is 0 Å². The minimum absolute atomic E-state index is 0.108. The zero-order valence-electron chi connectivity index (χ0n) is 12.6. The van der Waals surface area contributed by atoms with E-state index in [1.807, 2.05) is 0 Å². The lowest BCUT2D eigenvalue weighted by Gasteiger charge is -2.36. The molecule has 1 rings (SSSR count). The molecule has 1 aliphatic carbocycles. The molecule has 0 aromatic carbocycles. The van der Waals surface area contributed by atoms with Crippen LogP contribution in [0.5, 0.6) is 0 Å². The molecule has 0 aliphatic heterocycles. The van der Waals surface area contributed by atoms with Crippen molar-refractivity contribution in [2.45, 2.75) is 59.9 Å². The summed E-state index contributed by atoms with van der Waals surface area (Å²) in [5, 5.41) is 3.08. The van der Waals surface area contributed by atoms with Gasteiger partial charge in [0, 0.05) is 18.5 Å². The molecule has 4 unspecified atom stereocenters. The van der Waals surface area contributed by atoms with Crippen molar-refractivity contribution in [3.8, 4) is 0 Å². The lowest BCUT2D eigenvalue weighted by Crippen LogP contribution is -2.45. The van der Waals surface area contributed by atoms with Crippen molar-refractivity contribution >= 4 is 5.91 Å². The fraction of sp³-hybridized carbons (Fsp3) is 0.933. The quantitative estimate of drug-likeness (QED) is 0.813. The van der Waals surface area contributed by atoms with Crippen LogP contribution in [0, 0.1) is 23.2 Å². The summed E-state index contributed by atoms with van der Waals surface area (Å²) in [6.07, 6.45) is 2.92. The van der Waals surface area contributed by atoms with Crippen LogP contribution >= 0.6 is 0 Å². The Morgan fingerprint density at radius 1 is 1.22 bits per heavy atom. The highest BCUT2D eigenvalue weighted by Crippen LogP contribution is 2.32. The molecule has 4 atom stereocenters. The first-order valence-electron chi connectivity index (χ1n) is 7.24. The number of hydrogen-bond acceptors (Lipinski definition) is 2. The van der Waals surface area contributed by atoms with Crippen LogP contribution < -0.4 is 11.1 Å². The second kappa shape index (κ2) is 6.05. The van der Waals surface area contributed by atoms with E-state index in [4.69, 9.17) is 5.73 Å². The van der Waals surface area contributed by atoms with E-state index >= 15 is 0 Å². The number of amides is 1. The molecule has 0 aromatic rings. The molecule has 1 saturated carbocycles. The molecular formula is C15H30N2O. The Labute approximate surface area is 112 Å². The number of nitrogens with one attached hydrogen (secondary N) is 1. The zero-order valence-corrected chi connectivity index (χ0v) is 12.6. The molecule has 3 N–H and O–H groups in total. The smallest absolute Gasteiger partial charge is 0.223 e. The molecule has 106 valence electrons. The van der Waals surface area contributed by atoms with Gasteiger partial charge in [-0.05, 0) is 36.5 Å². The van der Waals surface area contributed by atoms with Gasteiger partial charge in [-0.3, -0.25) is 4.79 Å². The van der Waals surface area contributed by atoms with Crippen LogP contribution in [-0.4, -0.2) is 18.5 Å². The maximum absolute atomic E-state index is 12.2. The first-order chi connectivity index (χ1) is 8.20. The van der Waals surface area contributed by atoms with Crippen molar-refractivity contribution in [3.63, 3.8) is 0 Å². The van der Waals surface area contributed by atoms with E-state index < -0.39 is 0 Å². The van der Waals surface area contributed by atoms with Gasteiger partial charge >= 0.3 is 0 Å². The fourth-order valence-electron chi connectivity index (χ4n) is 2.74. The highest BCUT2D eigenvalue weighted by atomic mass is 16.1. The summed E-state index contributed by atoms with van der Waals surface area (Å²) in [6.45, 7) is 11.7. The minimum Gasteiger partial charge on any atom is -0.356 e. The molecule has 1 amide bonds. The Bertz CT molecular complexity index is 283. The summed E-state index contributed by atoms with van der Waals surface area (Å²) in [5.41, 5.74) is 6.36. The second-order valence-electron chi connectivity index (χ2n) is 7.30. The van der Waals surface area contributed by atoms with Crippen LogP contribution in [-0.2, 0) is 4.79 Å². The minimum atomic E-state index is 0.108. The van der Waals surface area contributed by atoms with Gasteiger partial charge in [0.05, 0.1) is 0 Å². The molecule has 1 aliphatic rings. The molecule has 0 saturated heterocycles. The summed E-state index contributed by atoms with van der Waals surface area (Å²) in [7, 11) is 0. The van der Waals surface area contributed by atoms with Gasteiger partial charge < -0.3 is 11.1 Å². The average molecular weight is 254 g/mol. The van der Waals surface area contributed by atoms with E-state index in [0.717, 1.165) is 25.8 Å². The molecule has 18 heavy (non-hydrogen) atoms. The van der Waals surface area contributed by atoms with E-state index in [0.29, 0.717) is 11.8 Å². The Kier molecular flexibility index (Phi) is 5.20. The monoisotopic (exact) mass is 254 g/mol. The van der Waals surface area contributed by atoms with Gasteiger partial charge in [-0.1, -0.05) is 34.6 Å². The molecule has 0 spiro atoms. The highest BCUT2D eigenvalue weighted by Gasteiger charge is 2.34. The number of carbonyl (C=O) groups excluding carboxylic acids is 1. The van der Waals surface area contributed by atoms with Crippen molar-refractivity contribution in [1.29, 1.82) is 0 Å². The third kappa shape index (κ3) is 4.60. The van der Waals surface area contributed by atoms with Gasteiger partial charge in [0.1, 0.15) is 0 Å². The molecule has 0 aromatic heterocycles. The molecule has 3 heteroatoms. The second-order valence-corrected chi connectivity index (χ2v) is 7.30. The number of rotatable bonds is 3. The third-order valence-electron chi connectivity index (χ3n) is 4.20. The molecule has 0 bridgehead atoms. The summed E-state index contributed by atoms with van der Waals surface area (Å²) in [6, 6.07) is 0.180. The average Bonchev–Trinajstić information content (AvgIpc) is 2.21. The van der Waals surface area contributed by atoms with Gasteiger partial charge in [0.25, 0.3) is 0 Å². The lowest BCUT2D eigenvalue weighted by atomic mass is 9.72. The van der Waals surface area contributed by atoms with E-state index in [1.54, 1.807) is 0 Å². The van der Waals surface area contributed by atoms with Gasteiger partial charge in [0.2, 0.25) is 5.91 Å². The summed E-state index contributed by atoms with van der Waals surface area (Å²) >= 11 is 0. The Balaban J connectivity index is 2.41. The molecule has 0 heterocycles. The standard InChI is InChI=1S/C15H30N2O/c1-10-8-11(2)13(16)9-12(10)14(18)17-7-6-15(3,4)5/h10-13H,6-9,16H2,1-5H3,(H,17,18). The molecular weight excluding hydrogens is 224 g/mol. The van der Waals surface area contributed by atoms with Crippen molar-refractivity contribution in [1.82, 2.24) is 5.32 Å². The number of hydrogen-bond donors (Lipinski definition) is 2. The molecule has 1 fully saturated rings. The summed E-state index contributed by atoms with van der Waals surface area (Å²) < 4.78 is 0. The largest absolute Gasteiger partial charge is 0.356 e. The first kappa shape index (κ1) is 15.5. The van der Waals surface area contributed by atoms with Gasteiger partial charge in [-0.2, -0.15) is 0 Å². The van der Waals surface area contributed by atoms with Crippen LogP contribution in [0.3, 0.4) is 0 Å². The SMILES string of the molecule is CC1CC(C)C(C(=O)NCCC(C)(C)C)CC1N. The predicted molar refractivity (Wildman–Crippen MR) is 76.1 cm³/mol. The number of nitrogens with two attached hydrogens (primary N) is 1. The van der Waals surface area contributed by atoms with E-state index in [-0.39, 0.29) is 23.3 Å². The third-order valence-corrected chi connectivity index (χ3v) is 4.20. The van der Waals surface area contributed by atoms with E-state index in [1.165, 1.54) is 0 Å². The lowest BCUT2D eigenvalue weighted by molar-refractivity contribution is -0.128. The van der Waals surface area contributed by atoms with Crippen molar-refractivity contribution in [3.05, 3.63) is 0 Å². The van der Waals surface area contributed by atoms with Gasteiger partial charge in [-0.25, -0.2) is 0 Å². The van der Waals surface area contributed by atoms with E-state index in [9.17, 15) is 4.79 Å². The van der Waals surface area contributed by atoms with Crippen LogP contribution in [0.15, 0.2) is 0 Å². The van der Waals surface area contributed by atoms with Crippen molar-refractivity contribution in [2.24, 2.45) is 28.9 Å². The van der Waals surface area contributed by atoms with E-state index in [2.05, 4.69) is 39.9 Å². The van der Waals surface area contributed by atoms with Crippen LogP contribution in [0.4, 0.5) is 0 Å². The van der Waals surface area contributed by atoms with Crippen LogP contribution in [0.1, 0.15) is 53.9 Å². The van der Waals surface area contributed by atoms with Crippen molar-refractivity contribution < 1.29 is 4.79 Å². The topological polar surface area (TPSA) is 55.1 Å². The summed E-state index contributed by atoms with van der Waals surface area (Å²) in [4.78, 5) is 12.2. The fourth-order valence-corrected chi connectivity index (χ4v) is 2.74. The van der Waals surface area contributed by atoms with Crippen molar-refractivity contribution in [2.75, 3.05) is 6.54 Å². The Morgan fingerprint density at radius 3 is 2.39 bits per heavy atom. The maximum atomic E-state index is 12.2. The Hall–Kier alpha value is -0.570. The highest BCUT2D eigenvalue weighted by molar-refractivity contribution is 5.79. The Morgan fingerprint density at radius 2 is 1.83 bits per heavy atom. The molecule has 3 nitrogen and oxygen atoms in total. The number of carbonyl (C=O) groups is 1. The van der Waals surface area contributed by atoms with Crippen LogP contribution in [0.2, 0.25) is 0 Å².